The molecule has 0 aliphatic rings. The fraction of sp³-hybridized carbons (Fsp3) is 0.143. The zero-order valence-electron chi connectivity index (χ0n) is 14.2. The molecule has 1 aromatic heterocycles. The van der Waals surface area contributed by atoms with Crippen molar-refractivity contribution in [2.45, 2.75) is 19.8 Å². The maximum absolute atomic E-state index is 11.0. The molecule has 5 heteroatoms. The van der Waals surface area contributed by atoms with Gasteiger partial charge in [-0.15, -0.1) is 0 Å². The quantitative estimate of drug-likeness (QED) is 0.637. The first-order valence-electron chi connectivity index (χ1n) is 8.19. The van der Waals surface area contributed by atoms with Gasteiger partial charge in [0.15, 0.2) is 0 Å². The van der Waals surface area contributed by atoms with Crippen LogP contribution in [0.2, 0.25) is 0 Å². The highest BCUT2D eigenvalue weighted by Crippen LogP contribution is 2.30. The topological polar surface area (TPSA) is 66.0 Å². The lowest BCUT2D eigenvalue weighted by Crippen LogP contribution is -2.07. The highest BCUT2D eigenvalue weighted by Gasteiger charge is 2.15. The van der Waals surface area contributed by atoms with E-state index in [2.05, 4.69) is 26.6 Å². The monoisotopic (exact) mass is 408 g/mol. The van der Waals surface area contributed by atoms with E-state index in [1.807, 2.05) is 55.5 Å². The van der Waals surface area contributed by atoms with Gasteiger partial charge in [0.25, 0.3) is 0 Å². The number of benzene rings is 2. The molecular formula is C21H17BrN2O2. The Morgan fingerprint density at radius 3 is 2.50 bits per heavy atom. The van der Waals surface area contributed by atoms with Gasteiger partial charge in [-0.3, -0.25) is 4.79 Å². The maximum Gasteiger partial charge on any atom is 0.303 e. The summed E-state index contributed by atoms with van der Waals surface area (Å²) in [5.41, 5.74) is 5.49. The first kappa shape index (κ1) is 18.0. The minimum atomic E-state index is -0.820. The molecule has 0 aliphatic carbocycles. The minimum Gasteiger partial charge on any atom is -0.481 e. The summed E-state index contributed by atoms with van der Waals surface area (Å²) < 4.78 is 3.09. The second kappa shape index (κ2) is 7.59. The highest BCUT2D eigenvalue weighted by atomic mass is 79.9. The Kier molecular flexibility index (Phi) is 5.24. The summed E-state index contributed by atoms with van der Waals surface area (Å²) in [7, 11) is 0. The number of halogens is 1. The molecule has 130 valence electrons. The van der Waals surface area contributed by atoms with Crippen LogP contribution in [0.1, 0.15) is 23.2 Å². The van der Waals surface area contributed by atoms with E-state index in [0.717, 1.165) is 32.7 Å². The molecule has 4 nitrogen and oxygen atoms in total. The molecule has 0 amide bonds. The number of nitriles is 1. The molecule has 0 radical (unpaired) electrons. The first-order valence-corrected chi connectivity index (χ1v) is 8.98. The van der Waals surface area contributed by atoms with Crippen molar-refractivity contribution in [2.24, 2.45) is 0 Å². The molecule has 1 heterocycles. The minimum absolute atomic E-state index is 0.0686. The second-order valence-corrected chi connectivity index (χ2v) is 6.97. The Morgan fingerprint density at radius 2 is 1.88 bits per heavy atom. The van der Waals surface area contributed by atoms with Crippen LogP contribution in [-0.4, -0.2) is 15.6 Å². The van der Waals surface area contributed by atoms with E-state index >= 15 is 0 Å². The van der Waals surface area contributed by atoms with Crippen molar-refractivity contribution in [3.8, 4) is 23.0 Å². The van der Waals surface area contributed by atoms with E-state index < -0.39 is 5.97 Å². The summed E-state index contributed by atoms with van der Waals surface area (Å²) in [6.07, 6.45) is 0.504. The number of rotatable bonds is 5. The lowest BCUT2D eigenvalue weighted by molar-refractivity contribution is -0.136. The number of aryl methyl sites for hydroxylation is 2. The summed E-state index contributed by atoms with van der Waals surface area (Å²) in [4.78, 5) is 11.0. The van der Waals surface area contributed by atoms with E-state index in [1.54, 1.807) is 6.07 Å². The van der Waals surface area contributed by atoms with Crippen molar-refractivity contribution < 1.29 is 9.90 Å². The van der Waals surface area contributed by atoms with Gasteiger partial charge in [0.2, 0.25) is 0 Å². The number of carboxylic acid groups (broad SMARTS) is 1. The zero-order valence-corrected chi connectivity index (χ0v) is 15.8. The van der Waals surface area contributed by atoms with Crippen LogP contribution in [0.3, 0.4) is 0 Å². The van der Waals surface area contributed by atoms with E-state index in [4.69, 9.17) is 10.4 Å². The van der Waals surface area contributed by atoms with Gasteiger partial charge >= 0.3 is 5.97 Å². The predicted octanol–water partition coefficient (Wildman–Crippen LogP) is 5.10. The maximum atomic E-state index is 11.0. The second-order valence-electron chi connectivity index (χ2n) is 6.06. The molecule has 0 bridgehead atoms. The molecule has 0 aliphatic heterocycles. The summed E-state index contributed by atoms with van der Waals surface area (Å²) in [5, 5.41) is 18.2. The molecule has 3 rings (SSSR count). The molecule has 26 heavy (non-hydrogen) atoms. The van der Waals surface area contributed by atoms with E-state index in [-0.39, 0.29) is 6.42 Å². The number of aromatic nitrogens is 1. The van der Waals surface area contributed by atoms with Gasteiger partial charge in [0.05, 0.1) is 23.7 Å². The molecule has 0 saturated heterocycles. The fourth-order valence-corrected chi connectivity index (χ4v) is 3.28. The van der Waals surface area contributed by atoms with Crippen LogP contribution in [0.4, 0.5) is 0 Å². The molecule has 3 aromatic rings. The molecule has 0 spiro atoms. The average Bonchev–Trinajstić information content (AvgIpc) is 3.04. The normalized spacial score (nSPS) is 10.5. The van der Waals surface area contributed by atoms with E-state index in [1.165, 1.54) is 0 Å². The van der Waals surface area contributed by atoms with Crippen LogP contribution in [0.15, 0.2) is 59.1 Å². The predicted molar refractivity (Wildman–Crippen MR) is 104 cm³/mol. The first-order chi connectivity index (χ1) is 12.5. The van der Waals surface area contributed by atoms with Crippen LogP contribution < -0.4 is 0 Å². The summed E-state index contributed by atoms with van der Waals surface area (Å²) in [6.45, 7) is 1.96. The molecule has 0 fully saturated rings. The number of nitrogens with zero attached hydrogens (tertiary/aromatic N) is 2. The van der Waals surface area contributed by atoms with Crippen molar-refractivity contribution in [1.29, 1.82) is 5.26 Å². The Morgan fingerprint density at radius 1 is 1.15 bits per heavy atom. The Labute approximate surface area is 160 Å². The lowest BCUT2D eigenvalue weighted by Gasteiger charge is -2.16. The van der Waals surface area contributed by atoms with Crippen molar-refractivity contribution >= 4 is 21.9 Å². The van der Waals surface area contributed by atoms with Crippen LogP contribution in [0.5, 0.6) is 0 Å². The summed E-state index contributed by atoms with van der Waals surface area (Å²) in [5.74, 6) is -0.820. The molecule has 2 aromatic carbocycles. The van der Waals surface area contributed by atoms with Gasteiger partial charge in [0, 0.05) is 15.9 Å². The number of hydrogen-bond acceptors (Lipinski definition) is 2. The Balaban J connectivity index is 2.16. The third-order valence-corrected chi connectivity index (χ3v) is 4.79. The van der Waals surface area contributed by atoms with E-state index in [0.29, 0.717) is 12.0 Å². The van der Waals surface area contributed by atoms with Crippen molar-refractivity contribution in [2.75, 3.05) is 0 Å². The molecule has 0 atom stereocenters. The van der Waals surface area contributed by atoms with Crippen LogP contribution in [0, 0.1) is 18.3 Å². The van der Waals surface area contributed by atoms with Crippen LogP contribution >= 0.6 is 15.9 Å². The van der Waals surface area contributed by atoms with Crippen LogP contribution in [0.25, 0.3) is 16.9 Å². The standard InChI is InChI=1S/C21H17BrN2O2/c1-14-12-15(13-23)2-9-19(14)24-18(8-11-21(25)26)7-10-20(24)16-3-5-17(22)6-4-16/h2-7,9-10,12H,8,11H2,1H3,(H,25,26). The van der Waals surface area contributed by atoms with Crippen molar-refractivity contribution in [3.63, 3.8) is 0 Å². The van der Waals surface area contributed by atoms with Gasteiger partial charge in [-0.05, 0) is 66.9 Å². The zero-order chi connectivity index (χ0) is 18.7. The largest absolute Gasteiger partial charge is 0.481 e. The van der Waals surface area contributed by atoms with Gasteiger partial charge in [-0.2, -0.15) is 5.26 Å². The third-order valence-electron chi connectivity index (χ3n) is 4.26. The molecular weight excluding hydrogens is 392 g/mol. The van der Waals surface area contributed by atoms with Crippen LogP contribution in [-0.2, 0) is 11.2 Å². The lowest BCUT2D eigenvalue weighted by atomic mass is 10.1. The molecule has 0 saturated carbocycles. The fourth-order valence-electron chi connectivity index (χ4n) is 3.02. The smallest absolute Gasteiger partial charge is 0.303 e. The van der Waals surface area contributed by atoms with Gasteiger partial charge in [0.1, 0.15) is 0 Å². The number of hydrogen-bond donors (Lipinski definition) is 1. The van der Waals surface area contributed by atoms with Crippen molar-refractivity contribution in [3.05, 3.63) is 75.9 Å². The Hall–Kier alpha value is -2.84. The van der Waals surface area contributed by atoms with Gasteiger partial charge in [-0.25, -0.2) is 0 Å². The highest BCUT2D eigenvalue weighted by molar-refractivity contribution is 9.10. The Bertz CT molecular complexity index is 998. The van der Waals surface area contributed by atoms with Gasteiger partial charge in [-0.1, -0.05) is 28.1 Å². The number of carboxylic acids is 1. The SMILES string of the molecule is Cc1cc(C#N)ccc1-n1c(CCC(=O)O)ccc1-c1ccc(Br)cc1. The third kappa shape index (κ3) is 3.71. The molecule has 0 unspecified atom stereocenters. The van der Waals surface area contributed by atoms with Crippen molar-refractivity contribution in [1.82, 2.24) is 4.57 Å². The number of carbonyl (C=O) groups is 1. The summed E-state index contributed by atoms with van der Waals surface area (Å²) in [6, 6.07) is 19.7. The number of aliphatic carboxylic acids is 1. The summed E-state index contributed by atoms with van der Waals surface area (Å²) >= 11 is 3.45. The van der Waals surface area contributed by atoms with Gasteiger partial charge < -0.3 is 9.67 Å². The average molecular weight is 409 g/mol. The molecule has 1 N–H and O–H groups in total. The van der Waals surface area contributed by atoms with E-state index in [9.17, 15) is 4.79 Å².